The molecule has 0 aliphatic carbocycles. The third-order valence-corrected chi connectivity index (χ3v) is 7.49. The highest BCUT2D eigenvalue weighted by atomic mass is 35.5. The maximum Gasteiger partial charge on any atom is 0.244 e. The van der Waals surface area contributed by atoms with Crippen LogP contribution in [0.2, 0.25) is 15.1 Å². The number of nitrogens with zero attached hydrogens (tertiary/aromatic N) is 2. The fourth-order valence-electron chi connectivity index (χ4n) is 3.60. The van der Waals surface area contributed by atoms with E-state index in [9.17, 15) is 18.0 Å². The molecule has 37 heavy (non-hydrogen) atoms. The van der Waals surface area contributed by atoms with E-state index in [-0.39, 0.29) is 33.2 Å². The number of methoxy groups -OCH3 is 1. The van der Waals surface area contributed by atoms with Crippen molar-refractivity contribution in [2.45, 2.75) is 52.2 Å². The highest BCUT2D eigenvalue weighted by Crippen LogP contribution is 2.35. The number of ether oxygens (including phenoxy) is 1. The molecule has 0 fully saturated rings. The standard InChI is InChI=1S/C25H32Cl3N3O5S/c1-7-21(24(33)29-25(2,3)4)30(14-16-8-10-17(36-5)11-9-16)23(32)15-31(37(6,34)35)22-13-19(27)18(26)12-20(22)28/h8-13,21H,7,14-15H2,1-6H3,(H,29,33). The summed E-state index contributed by atoms with van der Waals surface area (Å²) >= 11 is 18.4. The van der Waals surface area contributed by atoms with Gasteiger partial charge in [-0.25, -0.2) is 8.42 Å². The van der Waals surface area contributed by atoms with Crippen LogP contribution in [0.25, 0.3) is 0 Å². The summed E-state index contributed by atoms with van der Waals surface area (Å²) < 4.78 is 31.6. The summed E-state index contributed by atoms with van der Waals surface area (Å²) in [5.41, 5.74) is 0.198. The fourth-order valence-corrected chi connectivity index (χ4v) is 5.14. The molecular weight excluding hydrogens is 561 g/mol. The number of benzene rings is 2. The van der Waals surface area contributed by atoms with Gasteiger partial charge in [0.05, 0.1) is 34.1 Å². The number of amides is 2. The predicted octanol–water partition coefficient (Wildman–Crippen LogP) is 5.14. The zero-order valence-corrected chi connectivity index (χ0v) is 24.7. The van der Waals surface area contributed by atoms with E-state index in [1.165, 1.54) is 17.0 Å². The third-order valence-electron chi connectivity index (χ3n) is 5.33. The topological polar surface area (TPSA) is 96.0 Å². The van der Waals surface area contributed by atoms with Crippen LogP contribution in [0.1, 0.15) is 39.7 Å². The average Bonchev–Trinajstić information content (AvgIpc) is 2.78. The molecule has 0 aromatic heterocycles. The molecule has 2 amide bonds. The highest BCUT2D eigenvalue weighted by Gasteiger charge is 2.33. The van der Waals surface area contributed by atoms with Crippen molar-refractivity contribution in [3.8, 4) is 5.75 Å². The van der Waals surface area contributed by atoms with Gasteiger partial charge in [0.25, 0.3) is 0 Å². The van der Waals surface area contributed by atoms with Gasteiger partial charge >= 0.3 is 0 Å². The Morgan fingerprint density at radius 1 is 1.03 bits per heavy atom. The van der Waals surface area contributed by atoms with Gasteiger partial charge in [-0.3, -0.25) is 13.9 Å². The molecule has 0 heterocycles. The number of carbonyl (C=O) groups excluding carboxylic acids is 2. The first-order valence-corrected chi connectivity index (χ1v) is 14.4. The molecule has 1 atom stereocenters. The van der Waals surface area contributed by atoms with Gasteiger partial charge in [0.2, 0.25) is 21.8 Å². The summed E-state index contributed by atoms with van der Waals surface area (Å²) in [6.45, 7) is 6.75. The monoisotopic (exact) mass is 591 g/mol. The maximum atomic E-state index is 13.7. The van der Waals surface area contributed by atoms with E-state index in [1.54, 1.807) is 38.3 Å². The van der Waals surface area contributed by atoms with E-state index < -0.39 is 34.1 Å². The molecular formula is C25H32Cl3N3O5S. The lowest BCUT2D eigenvalue weighted by Gasteiger charge is -2.34. The quantitative estimate of drug-likeness (QED) is 0.385. The maximum absolute atomic E-state index is 13.7. The molecule has 2 rings (SSSR count). The van der Waals surface area contributed by atoms with Gasteiger partial charge in [-0.1, -0.05) is 53.9 Å². The minimum Gasteiger partial charge on any atom is -0.497 e. The second kappa shape index (κ2) is 12.6. The van der Waals surface area contributed by atoms with E-state index >= 15 is 0 Å². The van der Waals surface area contributed by atoms with Crippen molar-refractivity contribution < 1.29 is 22.7 Å². The molecule has 0 saturated carbocycles. The van der Waals surface area contributed by atoms with Crippen LogP contribution in [-0.2, 0) is 26.2 Å². The van der Waals surface area contributed by atoms with Crippen molar-refractivity contribution in [1.82, 2.24) is 10.2 Å². The second-order valence-electron chi connectivity index (χ2n) is 9.52. The molecule has 1 N–H and O–H groups in total. The number of carbonyl (C=O) groups is 2. The van der Waals surface area contributed by atoms with Crippen LogP contribution >= 0.6 is 34.8 Å². The fraction of sp³-hybridized carbons (Fsp3) is 0.440. The Kier molecular flexibility index (Phi) is 10.5. The lowest BCUT2D eigenvalue weighted by molar-refractivity contribution is -0.141. The van der Waals surface area contributed by atoms with Crippen molar-refractivity contribution in [2.75, 3.05) is 24.2 Å². The number of anilines is 1. The average molecular weight is 593 g/mol. The molecule has 12 heteroatoms. The van der Waals surface area contributed by atoms with Crippen LogP contribution in [-0.4, -0.2) is 56.6 Å². The molecule has 0 radical (unpaired) electrons. The van der Waals surface area contributed by atoms with Crippen LogP contribution in [0.15, 0.2) is 36.4 Å². The molecule has 204 valence electrons. The van der Waals surface area contributed by atoms with E-state index in [0.717, 1.165) is 16.1 Å². The molecule has 0 aliphatic heterocycles. The number of hydrogen-bond donors (Lipinski definition) is 1. The lowest BCUT2D eigenvalue weighted by atomic mass is 10.1. The first kappa shape index (κ1) is 31.0. The molecule has 2 aromatic rings. The van der Waals surface area contributed by atoms with Crippen LogP contribution in [0.5, 0.6) is 5.75 Å². The van der Waals surface area contributed by atoms with E-state index in [0.29, 0.717) is 12.2 Å². The predicted molar refractivity (Wildman–Crippen MR) is 149 cm³/mol. The van der Waals surface area contributed by atoms with Crippen molar-refractivity contribution in [3.63, 3.8) is 0 Å². The number of hydrogen-bond acceptors (Lipinski definition) is 5. The van der Waals surface area contributed by atoms with E-state index in [2.05, 4.69) is 5.32 Å². The Bertz CT molecular complexity index is 1230. The van der Waals surface area contributed by atoms with Crippen molar-refractivity contribution >= 4 is 62.3 Å². The Morgan fingerprint density at radius 2 is 1.59 bits per heavy atom. The summed E-state index contributed by atoms with van der Waals surface area (Å²) in [7, 11) is -2.44. The normalized spacial score (nSPS) is 12.6. The summed E-state index contributed by atoms with van der Waals surface area (Å²) in [6.07, 6.45) is 1.26. The second-order valence-corrected chi connectivity index (χ2v) is 12.6. The van der Waals surface area contributed by atoms with Gasteiger partial charge in [-0.15, -0.1) is 0 Å². The first-order valence-electron chi connectivity index (χ1n) is 11.4. The van der Waals surface area contributed by atoms with Crippen LogP contribution in [0.3, 0.4) is 0 Å². The Hall–Kier alpha value is -2.20. The van der Waals surface area contributed by atoms with E-state index in [1.807, 2.05) is 20.8 Å². The molecule has 0 saturated heterocycles. The summed E-state index contributed by atoms with van der Waals surface area (Å²) in [5, 5.41) is 3.13. The minimum absolute atomic E-state index is 0.00325. The Balaban J connectivity index is 2.52. The zero-order chi connectivity index (χ0) is 28.1. The molecule has 8 nitrogen and oxygen atoms in total. The highest BCUT2D eigenvalue weighted by molar-refractivity contribution is 7.92. The van der Waals surface area contributed by atoms with Gasteiger partial charge in [0, 0.05) is 12.1 Å². The molecule has 2 aromatic carbocycles. The van der Waals surface area contributed by atoms with Gasteiger partial charge in [0.15, 0.2) is 0 Å². The number of halogens is 3. The van der Waals surface area contributed by atoms with E-state index in [4.69, 9.17) is 39.5 Å². The number of nitrogens with one attached hydrogen (secondary N) is 1. The van der Waals surface area contributed by atoms with Gasteiger partial charge in [0.1, 0.15) is 18.3 Å². The number of sulfonamides is 1. The summed E-state index contributed by atoms with van der Waals surface area (Å²) in [5.74, 6) is -0.314. The summed E-state index contributed by atoms with van der Waals surface area (Å²) in [6, 6.07) is 8.77. The molecule has 1 unspecified atom stereocenters. The molecule has 0 bridgehead atoms. The van der Waals surface area contributed by atoms with Crippen molar-refractivity contribution in [2.24, 2.45) is 0 Å². The first-order chi connectivity index (χ1) is 17.1. The zero-order valence-electron chi connectivity index (χ0n) is 21.6. The Labute approximate surface area is 233 Å². The van der Waals surface area contributed by atoms with Crippen LogP contribution in [0.4, 0.5) is 5.69 Å². The van der Waals surface area contributed by atoms with Gasteiger partial charge in [-0.05, 0) is 57.0 Å². The SMILES string of the molecule is CCC(C(=O)NC(C)(C)C)N(Cc1ccc(OC)cc1)C(=O)CN(c1cc(Cl)c(Cl)cc1Cl)S(C)(=O)=O. The van der Waals surface area contributed by atoms with Gasteiger partial charge < -0.3 is 15.0 Å². The number of rotatable bonds is 10. The van der Waals surface area contributed by atoms with Crippen molar-refractivity contribution in [1.29, 1.82) is 0 Å². The summed E-state index contributed by atoms with van der Waals surface area (Å²) in [4.78, 5) is 28.3. The molecule has 0 aliphatic rings. The third kappa shape index (κ3) is 8.67. The van der Waals surface area contributed by atoms with Crippen molar-refractivity contribution in [3.05, 3.63) is 57.0 Å². The largest absolute Gasteiger partial charge is 0.497 e. The molecule has 0 spiro atoms. The van der Waals surface area contributed by atoms with Crippen LogP contribution < -0.4 is 14.4 Å². The minimum atomic E-state index is -3.98. The smallest absolute Gasteiger partial charge is 0.244 e. The van der Waals surface area contributed by atoms with Gasteiger partial charge in [-0.2, -0.15) is 0 Å². The lowest BCUT2D eigenvalue weighted by Crippen LogP contribution is -2.55. The Morgan fingerprint density at radius 3 is 2.08 bits per heavy atom. The van der Waals surface area contributed by atoms with Crippen LogP contribution in [0, 0.1) is 0 Å².